The lowest BCUT2D eigenvalue weighted by atomic mass is 10.0. The first kappa shape index (κ1) is 18.7. The summed E-state index contributed by atoms with van der Waals surface area (Å²) >= 11 is 3.58. The quantitative estimate of drug-likeness (QED) is 0.480. The molecule has 0 aliphatic carbocycles. The van der Waals surface area contributed by atoms with Gasteiger partial charge in [0.1, 0.15) is 18.0 Å². The van der Waals surface area contributed by atoms with Crippen LogP contribution in [0.1, 0.15) is 11.1 Å². The Morgan fingerprint density at radius 1 is 1.18 bits per heavy atom. The van der Waals surface area contributed by atoms with Crippen molar-refractivity contribution < 1.29 is 9.94 Å². The van der Waals surface area contributed by atoms with Crippen LogP contribution >= 0.6 is 15.9 Å². The number of rotatable bonds is 5. The van der Waals surface area contributed by atoms with Crippen LogP contribution in [0.15, 0.2) is 57.1 Å². The fourth-order valence-corrected chi connectivity index (χ4v) is 3.99. The summed E-state index contributed by atoms with van der Waals surface area (Å²) < 4.78 is 2.66. The number of hydrogen-bond acceptors (Lipinski definition) is 5. The maximum absolute atomic E-state index is 10.9. The maximum atomic E-state index is 10.9. The van der Waals surface area contributed by atoms with Crippen LogP contribution in [0.3, 0.4) is 0 Å². The standard InChI is InChI=1S/C21H21BrN4O2/c1-25(2)11-12-28-24-18-13-7-4-5-10-16(13)23-19(18)17-14-8-6-9-15(22)20(14)26(3)21(17)27/h4-10,27H,11-12H2,1-3H3/b24-18+. The first-order chi connectivity index (χ1) is 13.5. The van der Waals surface area contributed by atoms with Crippen molar-refractivity contribution in [2.45, 2.75) is 0 Å². The predicted octanol–water partition coefficient (Wildman–Crippen LogP) is 4.06. The van der Waals surface area contributed by atoms with Gasteiger partial charge in [-0.15, -0.1) is 0 Å². The summed E-state index contributed by atoms with van der Waals surface area (Å²) in [5, 5.41) is 16.2. The van der Waals surface area contributed by atoms with Crippen molar-refractivity contribution in [3.63, 3.8) is 0 Å². The van der Waals surface area contributed by atoms with Gasteiger partial charge in [0.05, 0.1) is 16.8 Å². The molecule has 1 N–H and O–H groups in total. The molecule has 1 aliphatic rings. The molecule has 1 aliphatic heterocycles. The number of para-hydroxylation sites is 2. The summed E-state index contributed by atoms with van der Waals surface area (Å²) in [6.07, 6.45) is 0. The molecule has 7 heteroatoms. The van der Waals surface area contributed by atoms with Gasteiger partial charge in [-0.2, -0.15) is 0 Å². The highest BCUT2D eigenvalue weighted by Gasteiger charge is 2.30. The molecule has 0 spiro atoms. The molecule has 28 heavy (non-hydrogen) atoms. The zero-order valence-corrected chi connectivity index (χ0v) is 17.6. The second kappa shape index (κ2) is 7.41. The highest BCUT2D eigenvalue weighted by molar-refractivity contribution is 9.10. The second-order valence-corrected chi connectivity index (χ2v) is 7.80. The molecule has 0 fully saturated rings. The second-order valence-electron chi connectivity index (χ2n) is 6.95. The van der Waals surface area contributed by atoms with Gasteiger partial charge in [-0.25, -0.2) is 4.99 Å². The van der Waals surface area contributed by atoms with Crippen LogP contribution in [0.25, 0.3) is 10.9 Å². The molecule has 2 aromatic carbocycles. The minimum absolute atomic E-state index is 0.148. The number of aryl methyl sites for hydroxylation is 1. The van der Waals surface area contributed by atoms with Crippen LogP contribution in [-0.4, -0.2) is 53.2 Å². The Morgan fingerprint density at radius 2 is 1.96 bits per heavy atom. The van der Waals surface area contributed by atoms with Gasteiger partial charge in [0.2, 0.25) is 5.88 Å². The number of aromatic hydroxyl groups is 1. The van der Waals surface area contributed by atoms with Crippen molar-refractivity contribution >= 4 is 43.9 Å². The Labute approximate surface area is 171 Å². The Hall–Kier alpha value is -2.64. The minimum atomic E-state index is 0.148. The summed E-state index contributed by atoms with van der Waals surface area (Å²) in [5.41, 5.74) is 4.53. The van der Waals surface area contributed by atoms with Crippen LogP contribution in [0.5, 0.6) is 5.88 Å². The van der Waals surface area contributed by atoms with Crippen molar-refractivity contribution in [3.05, 3.63) is 58.1 Å². The molecule has 0 bridgehead atoms. The Morgan fingerprint density at radius 3 is 2.75 bits per heavy atom. The van der Waals surface area contributed by atoms with Gasteiger partial charge >= 0.3 is 0 Å². The molecule has 1 aromatic heterocycles. The number of fused-ring (bicyclic) bond motifs is 2. The number of benzene rings is 2. The van der Waals surface area contributed by atoms with E-state index in [2.05, 4.69) is 21.1 Å². The molecule has 0 saturated heterocycles. The van der Waals surface area contributed by atoms with E-state index in [9.17, 15) is 5.11 Å². The third-order valence-electron chi connectivity index (χ3n) is 4.77. The van der Waals surface area contributed by atoms with E-state index < -0.39 is 0 Å². The molecule has 3 aromatic rings. The van der Waals surface area contributed by atoms with Crippen LogP contribution in [0.4, 0.5) is 5.69 Å². The highest BCUT2D eigenvalue weighted by atomic mass is 79.9. The molecular weight excluding hydrogens is 420 g/mol. The van der Waals surface area contributed by atoms with Crippen LogP contribution in [0.2, 0.25) is 0 Å². The van der Waals surface area contributed by atoms with Crippen LogP contribution < -0.4 is 0 Å². The van der Waals surface area contributed by atoms with Crippen molar-refractivity contribution in [1.82, 2.24) is 9.47 Å². The lowest BCUT2D eigenvalue weighted by Crippen LogP contribution is -2.18. The van der Waals surface area contributed by atoms with E-state index in [1.54, 1.807) is 4.57 Å². The molecule has 0 unspecified atom stereocenters. The number of aromatic nitrogens is 1. The lowest BCUT2D eigenvalue weighted by Gasteiger charge is -2.09. The van der Waals surface area contributed by atoms with Crippen molar-refractivity contribution in [3.8, 4) is 5.88 Å². The number of halogens is 1. The van der Waals surface area contributed by atoms with E-state index >= 15 is 0 Å². The monoisotopic (exact) mass is 440 g/mol. The first-order valence-corrected chi connectivity index (χ1v) is 9.77. The molecule has 144 valence electrons. The Bertz CT molecular complexity index is 1120. The lowest BCUT2D eigenvalue weighted by molar-refractivity contribution is 0.126. The molecule has 2 heterocycles. The molecule has 0 amide bonds. The minimum Gasteiger partial charge on any atom is -0.494 e. The Balaban J connectivity index is 1.85. The summed E-state index contributed by atoms with van der Waals surface area (Å²) in [4.78, 5) is 12.4. The fraction of sp³-hybridized carbons (Fsp3) is 0.238. The van der Waals surface area contributed by atoms with E-state index in [0.29, 0.717) is 23.6 Å². The normalized spacial score (nSPS) is 14.8. The summed E-state index contributed by atoms with van der Waals surface area (Å²) in [6, 6.07) is 13.7. The van der Waals surface area contributed by atoms with Gasteiger partial charge in [-0.05, 0) is 42.2 Å². The third kappa shape index (κ3) is 3.10. The number of hydrogen-bond donors (Lipinski definition) is 1. The molecule has 6 nitrogen and oxygen atoms in total. The first-order valence-electron chi connectivity index (χ1n) is 8.98. The maximum Gasteiger partial charge on any atom is 0.201 e. The molecule has 0 saturated carbocycles. The van der Waals surface area contributed by atoms with Crippen molar-refractivity contribution in [1.29, 1.82) is 0 Å². The van der Waals surface area contributed by atoms with E-state index in [-0.39, 0.29) is 5.88 Å². The van der Waals surface area contributed by atoms with Crippen LogP contribution in [-0.2, 0) is 11.9 Å². The van der Waals surface area contributed by atoms with E-state index in [0.717, 1.165) is 33.2 Å². The smallest absolute Gasteiger partial charge is 0.201 e. The average Bonchev–Trinajstić information content (AvgIpc) is 3.15. The zero-order valence-electron chi connectivity index (χ0n) is 16.0. The number of oxime groups is 1. The zero-order chi connectivity index (χ0) is 19.8. The average molecular weight is 441 g/mol. The van der Waals surface area contributed by atoms with E-state index in [1.807, 2.05) is 68.5 Å². The topological polar surface area (TPSA) is 62.4 Å². The van der Waals surface area contributed by atoms with Crippen LogP contribution in [0, 0.1) is 0 Å². The summed E-state index contributed by atoms with van der Waals surface area (Å²) in [6.45, 7) is 1.23. The number of aliphatic imine (C=N–C) groups is 1. The largest absolute Gasteiger partial charge is 0.494 e. The third-order valence-corrected chi connectivity index (χ3v) is 5.41. The van der Waals surface area contributed by atoms with Gasteiger partial charge < -0.3 is 19.4 Å². The van der Waals surface area contributed by atoms with Crippen molar-refractivity contribution in [2.24, 2.45) is 17.2 Å². The van der Waals surface area contributed by atoms with Gasteiger partial charge in [0.25, 0.3) is 0 Å². The molecule has 0 atom stereocenters. The van der Waals surface area contributed by atoms with E-state index in [1.165, 1.54) is 0 Å². The van der Waals surface area contributed by atoms with Gasteiger partial charge in [0.15, 0.2) is 0 Å². The van der Waals surface area contributed by atoms with Gasteiger partial charge in [0, 0.05) is 29.0 Å². The summed E-state index contributed by atoms with van der Waals surface area (Å²) in [7, 11) is 5.81. The van der Waals surface area contributed by atoms with E-state index in [4.69, 9.17) is 9.83 Å². The SMILES string of the molecule is CN(C)CCO/N=C1/C(c2c(O)n(C)c3c(Br)cccc23)=Nc2ccccc21. The molecular formula is C21H21BrN4O2. The predicted molar refractivity (Wildman–Crippen MR) is 116 cm³/mol. The summed E-state index contributed by atoms with van der Waals surface area (Å²) in [5.74, 6) is 0.148. The van der Waals surface area contributed by atoms with Crippen molar-refractivity contribution in [2.75, 3.05) is 27.2 Å². The fourth-order valence-electron chi connectivity index (χ4n) is 3.36. The van der Waals surface area contributed by atoms with Gasteiger partial charge in [-0.1, -0.05) is 35.5 Å². The van der Waals surface area contributed by atoms with Gasteiger partial charge in [-0.3, -0.25) is 0 Å². The Kier molecular flexibility index (Phi) is 4.95. The molecule has 0 radical (unpaired) electrons. The molecule has 4 rings (SSSR count). The number of likely N-dealkylation sites (N-methyl/N-ethyl adjacent to an activating group) is 1. The number of nitrogens with zero attached hydrogens (tertiary/aromatic N) is 4. The highest BCUT2D eigenvalue weighted by Crippen LogP contribution is 2.39.